The minimum absolute atomic E-state index is 0.676. The van der Waals surface area contributed by atoms with E-state index in [4.69, 9.17) is 4.74 Å². The van der Waals surface area contributed by atoms with Crippen LogP contribution in [0.5, 0.6) is 5.75 Å². The van der Waals surface area contributed by atoms with Gasteiger partial charge in [-0.3, -0.25) is 0 Å². The molecule has 61 valence electrons. The molecule has 1 radical (unpaired) electrons. The van der Waals surface area contributed by atoms with Crippen LogP contribution in [0.1, 0.15) is 0 Å². The number of thiazole rings is 1. The number of ether oxygens (including phenoxy) is 1. The first-order valence-corrected chi connectivity index (χ1v) is 4.88. The van der Waals surface area contributed by atoms with Gasteiger partial charge < -0.3 is 4.74 Å². The van der Waals surface area contributed by atoms with Gasteiger partial charge in [0.1, 0.15) is 9.88 Å². The predicted molar refractivity (Wildman–Crippen MR) is 48.6 cm³/mol. The zero-order valence-corrected chi connectivity index (χ0v) is 7.91. The number of hydrogen-bond acceptors (Lipinski definition) is 5. The summed E-state index contributed by atoms with van der Waals surface area (Å²) in [5, 5.41) is 2.86. The fraction of sp³-hybridized carbons (Fsp3) is 0.143. The standard InChI is InChI=1S/C7H5N2OS2/c1-10-5-4-9-12-6(5)7-8-2-3-11-7/h2-3H,1H3. The van der Waals surface area contributed by atoms with Gasteiger partial charge in [0.15, 0.2) is 11.9 Å². The molecule has 0 aliphatic rings. The first-order chi connectivity index (χ1) is 5.92. The molecule has 2 aromatic heterocycles. The molecular weight excluding hydrogens is 192 g/mol. The summed E-state index contributed by atoms with van der Waals surface area (Å²) in [6.45, 7) is 0. The summed E-state index contributed by atoms with van der Waals surface area (Å²) in [6.07, 6.45) is 4.52. The third-order valence-electron chi connectivity index (χ3n) is 1.32. The van der Waals surface area contributed by atoms with Crippen molar-refractivity contribution in [3.05, 3.63) is 17.8 Å². The molecule has 0 saturated heterocycles. The van der Waals surface area contributed by atoms with Crippen molar-refractivity contribution in [1.82, 2.24) is 9.36 Å². The molecule has 0 unspecified atom stereocenters. The Bertz CT molecular complexity index is 355. The summed E-state index contributed by atoms with van der Waals surface area (Å²) in [5.74, 6) is 0.676. The first-order valence-electron chi connectivity index (χ1n) is 3.23. The topological polar surface area (TPSA) is 35.0 Å². The van der Waals surface area contributed by atoms with Gasteiger partial charge >= 0.3 is 0 Å². The van der Waals surface area contributed by atoms with E-state index in [-0.39, 0.29) is 0 Å². The number of nitrogens with zero attached hydrogens (tertiary/aromatic N) is 2. The van der Waals surface area contributed by atoms with Crippen LogP contribution in [0.4, 0.5) is 0 Å². The van der Waals surface area contributed by atoms with Gasteiger partial charge in [0, 0.05) is 11.6 Å². The van der Waals surface area contributed by atoms with E-state index in [1.54, 1.807) is 24.6 Å². The van der Waals surface area contributed by atoms with Crippen molar-refractivity contribution < 1.29 is 4.74 Å². The highest BCUT2D eigenvalue weighted by Crippen LogP contribution is 2.33. The van der Waals surface area contributed by atoms with Gasteiger partial charge in [0.05, 0.1) is 7.11 Å². The van der Waals surface area contributed by atoms with E-state index in [1.165, 1.54) is 11.5 Å². The van der Waals surface area contributed by atoms with Crippen LogP contribution in [0.2, 0.25) is 0 Å². The molecule has 0 aliphatic carbocycles. The van der Waals surface area contributed by atoms with E-state index in [1.807, 2.05) is 5.38 Å². The average Bonchev–Trinajstić information content (AvgIpc) is 2.74. The number of hydrogen-bond donors (Lipinski definition) is 0. The summed E-state index contributed by atoms with van der Waals surface area (Å²) in [5.41, 5.74) is 0. The molecule has 0 fully saturated rings. The number of aromatic nitrogens is 2. The van der Waals surface area contributed by atoms with Gasteiger partial charge in [0.2, 0.25) is 0 Å². The van der Waals surface area contributed by atoms with Crippen LogP contribution >= 0.6 is 22.9 Å². The molecule has 0 amide bonds. The number of rotatable bonds is 2. The van der Waals surface area contributed by atoms with Crippen molar-refractivity contribution in [2.24, 2.45) is 0 Å². The zero-order valence-electron chi connectivity index (χ0n) is 6.27. The Kier molecular flexibility index (Phi) is 2.05. The molecule has 2 heterocycles. The Balaban J connectivity index is 2.46. The van der Waals surface area contributed by atoms with Gasteiger partial charge in [-0.2, -0.15) is 4.37 Å². The lowest BCUT2D eigenvalue weighted by atomic mass is 10.5. The predicted octanol–water partition coefficient (Wildman–Crippen LogP) is 2.08. The van der Waals surface area contributed by atoms with Gasteiger partial charge in [0.25, 0.3) is 0 Å². The second kappa shape index (κ2) is 3.20. The molecule has 2 rings (SSSR count). The highest BCUT2D eigenvalue weighted by molar-refractivity contribution is 7.18. The van der Waals surface area contributed by atoms with Gasteiger partial charge in [-0.05, 0) is 11.5 Å². The van der Waals surface area contributed by atoms with Crippen molar-refractivity contribution in [3.63, 3.8) is 0 Å². The normalized spacial score (nSPS) is 10.1. The van der Waals surface area contributed by atoms with Crippen LogP contribution < -0.4 is 4.74 Å². The average molecular weight is 197 g/mol. The van der Waals surface area contributed by atoms with E-state index in [0.717, 1.165) is 9.88 Å². The third kappa shape index (κ3) is 1.21. The van der Waals surface area contributed by atoms with E-state index in [2.05, 4.69) is 15.6 Å². The molecule has 0 atom stereocenters. The molecule has 0 aromatic carbocycles. The fourth-order valence-electron chi connectivity index (χ4n) is 0.812. The zero-order chi connectivity index (χ0) is 8.39. The Morgan fingerprint density at radius 2 is 2.50 bits per heavy atom. The lowest BCUT2D eigenvalue weighted by Crippen LogP contribution is -1.81. The van der Waals surface area contributed by atoms with Gasteiger partial charge in [-0.15, -0.1) is 11.3 Å². The minimum atomic E-state index is 0.676. The monoisotopic (exact) mass is 197 g/mol. The Hall–Kier alpha value is -0.940. The maximum atomic E-state index is 5.07. The van der Waals surface area contributed by atoms with E-state index in [9.17, 15) is 0 Å². The summed E-state index contributed by atoms with van der Waals surface area (Å²) in [7, 11) is 1.61. The Morgan fingerprint density at radius 3 is 3.17 bits per heavy atom. The molecule has 0 spiro atoms. The second-order valence-electron chi connectivity index (χ2n) is 1.99. The summed E-state index contributed by atoms with van der Waals surface area (Å²) < 4.78 is 8.98. The number of methoxy groups -OCH3 is 1. The summed E-state index contributed by atoms with van der Waals surface area (Å²) in [4.78, 5) is 5.11. The van der Waals surface area contributed by atoms with E-state index < -0.39 is 0 Å². The molecule has 5 heteroatoms. The van der Waals surface area contributed by atoms with Crippen molar-refractivity contribution >= 4 is 22.9 Å². The summed E-state index contributed by atoms with van der Waals surface area (Å²) >= 11 is 2.92. The van der Waals surface area contributed by atoms with Crippen LogP contribution in [0.25, 0.3) is 9.88 Å². The fourth-order valence-corrected chi connectivity index (χ4v) is 2.20. The molecule has 0 aliphatic heterocycles. The Morgan fingerprint density at radius 1 is 1.58 bits per heavy atom. The van der Waals surface area contributed by atoms with Crippen molar-refractivity contribution in [2.45, 2.75) is 0 Å². The van der Waals surface area contributed by atoms with Crippen LogP contribution in [0, 0.1) is 6.20 Å². The molecule has 0 saturated carbocycles. The van der Waals surface area contributed by atoms with E-state index in [0.29, 0.717) is 5.75 Å². The quantitative estimate of drug-likeness (QED) is 0.739. The molecule has 3 nitrogen and oxygen atoms in total. The van der Waals surface area contributed by atoms with Crippen LogP contribution in [-0.4, -0.2) is 16.5 Å². The third-order valence-corrected chi connectivity index (χ3v) is 2.98. The van der Waals surface area contributed by atoms with Crippen LogP contribution in [0.3, 0.4) is 0 Å². The Labute approximate surface area is 77.8 Å². The minimum Gasteiger partial charge on any atom is -0.493 e. The lowest BCUT2D eigenvalue weighted by molar-refractivity contribution is 0.416. The molecule has 2 aromatic rings. The second-order valence-corrected chi connectivity index (χ2v) is 3.66. The SMILES string of the molecule is COc1[c]nsc1-c1nccs1. The lowest BCUT2D eigenvalue weighted by Gasteiger charge is -1.94. The molecular formula is C7H5N2OS2. The van der Waals surface area contributed by atoms with Gasteiger partial charge in [-0.25, -0.2) is 4.98 Å². The smallest absolute Gasteiger partial charge is 0.169 e. The van der Waals surface area contributed by atoms with Crippen LogP contribution in [0.15, 0.2) is 11.6 Å². The molecule has 0 N–H and O–H groups in total. The van der Waals surface area contributed by atoms with Crippen molar-refractivity contribution in [1.29, 1.82) is 0 Å². The van der Waals surface area contributed by atoms with E-state index >= 15 is 0 Å². The molecule has 12 heavy (non-hydrogen) atoms. The van der Waals surface area contributed by atoms with Crippen molar-refractivity contribution in [3.8, 4) is 15.6 Å². The maximum Gasteiger partial charge on any atom is 0.169 e. The maximum absolute atomic E-state index is 5.07. The highest BCUT2D eigenvalue weighted by Gasteiger charge is 2.10. The summed E-state index contributed by atoms with van der Waals surface area (Å²) in [6, 6.07) is 0. The first kappa shape index (κ1) is 7.70. The van der Waals surface area contributed by atoms with Crippen LogP contribution in [-0.2, 0) is 0 Å². The van der Waals surface area contributed by atoms with Crippen molar-refractivity contribution in [2.75, 3.05) is 7.11 Å². The largest absolute Gasteiger partial charge is 0.493 e. The highest BCUT2D eigenvalue weighted by atomic mass is 32.1. The molecule has 0 bridgehead atoms. The van der Waals surface area contributed by atoms with Gasteiger partial charge in [-0.1, -0.05) is 0 Å².